The van der Waals surface area contributed by atoms with E-state index in [0.29, 0.717) is 41.4 Å². The molecule has 4 saturated carbocycles. The zero-order chi connectivity index (χ0) is 85.8. The number of ether oxygens (including phenoxy) is 3. The van der Waals surface area contributed by atoms with Crippen LogP contribution in [0.5, 0.6) is 0 Å². The number of hydrogen-bond donors (Lipinski definition) is 4. The van der Waals surface area contributed by atoms with E-state index in [-0.39, 0.29) is 73.4 Å². The lowest BCUT2D eigenvalue weighted by molar-refractivity contribution is -0.159. The first kappa shape index (κ1) is 102. The van der Waals surface area contributed by atoms with Crippen LogP contribution in [0, 0.1) is 57.2 Å². The first-order chi connectivity index (χ1) is 56.4. The number of carboxylic acid groups (broad SMARTS) is 1. The Bertz CT molecular complexity index is 3490. The molecule has 2 aromatic heterocycles. The molecule has 0 saturated heterocycles. The Labute approximate surface area is 731 Å². The van der Waals surface area contributed by atoms with E-state index in [2.05, 4.69) is 111 Å². The minimum absolute atomic E-state index is 0. The number of pyridine rings is 2. The SMILES string of the molecule is C.CCCCCCCCCCCCCCCCC(NC(=O)CCC(=O)O)C(=O)OC(C)(C)C.CCCCCCCCCCCCCCCCC(NC(=O)CCC(=O)O[C@H]1CC[C@@]2(C)C(=CC[C@@H]3[C@@H]2CC[C@]2(C)C(c4cccnc4)=CC[C@@H]32)C1)C(=O)OC(C)(C)C.C[C@]12CC[C@H](O)CC1=CC[C@@H]1[C@@H]2CC[C@]2(C)C(c3cccnc3)=CC[C@@H]12.ClCCl. The fourth-order valence-corrected chi connectivity index (χ4v) is 22.0. The molecule has 4 N–H and O–H groups in total. The van der Waals surface area contributed by atoms with Crippen LogP contribution in [-0.2, 0) is 43.0 Å². The maximum Gasteiger partial charge on any atom is 0.329 e. The van der Waals surface area contributed by atoms with Crippen molar-refractivity contribution < 1.29 is 53.2 Å². The van der Waals surface area contributed by atoms with Crippen molar-refractivity contribution in [2.24, 2.45) is 57.2 Å². The number of carbonyl (C=O) groups is 6. The van der Waals surface area contributed by atoms with Gasteiger partial charge in [0.25, 0.3) is 0 Å². The van der Waals surface area contributed by atoms with Gasteiger partial charge in [-0.15, -0.1) is 23.2 Å². The normalized spacial score (nSPS) is 26.2. The van der Waals surface area contributed by atoms with Crippen molar-refractivity contribution in [1.82, 2.24) is 20.6 Å². The summed E-state index contributed by atoms with van der Waals surface area (Å²) < 4.78 is 17.1. The number of nitrogens with one attached hydrogen (secondary N) is 2. The number of esters is 3. The molecular weight excluding hydrogens is 1530 g/mol. The van der Waals surface area contributed by atoms with Crippen LogP contribution in [0.3, 0.4) is 0 Å². The summed E-state index contributed by atoms with van der Waals surface area (Å²) in [7, 11) is 0. The minimum Gasteiger partial charge on any atom is -0.481 e. The molecule has 17 heteroatoms. The number of aliphatic hydroxyl groups excluding tert-OH is 1. The molecule has 0 radical (unpaired) electrons. The number of allylic oxidation sites excluding steroid dienone is 6. The van der Waals surface area contributed by atoms with E-state index in [4.69, 9.17) is 42.5 Å². The monoisotopic (exact) mass is 1690 g/mol. The average molecular weight is 1690 g/mol. The third-order valence-corrected chi connectivity index (χ3v) is 28.4. The van der Waals surface area contributed by atoms with Gasteiger partial charge in [0.15, 0.2) is 0 Å². The molecule has 0 bridgehead atoms. The molecule has 15 nitrogen and oxygen atoms in total. The highest BCUT2D eigenvalue weighted by Crippen LogP contribution is 2.68. The summed E-state index contributed by atoms with van der Waals surface area (Å²) in [5, 5.41) is 24.7. The second-order valence-corrected chi connectivity index (χ2v) is 40.3. The zero-order valence-corrected chi connectivity index (χ0v) is 77.1. The summed E-state index contributed by atoms with van der Waals surface area (Å²) >= 11 is 9.53. The highest BCUT2D eigenvalue weighted by Gasteiger charge is 2.59. The van der Waals surface area contributed by atoms with E-state index in [1.165, 1.54) is 208 Å². The highest BCUT2D eigenvalue weighted by molar-refractivity contribution is 6.40. The van der Waals surface area contributed by atoms with Gasteiger partial charge in [-0.1, -0.05) is 276 Å². The number of unbranched alkanes of at least 4 members (excludes halogenated alkanes) is 26. The first-order valence-corrected chi connectivity index (χ1v) is 48.4. The van der Waals surface area contributed by atoms with Gasteiger partial charge in [-0.25, -0.2) is 9.59 Å². The number of nitrogens with zero attached hydrogens (tertiary/aromatic N) is 2. The largest absolute Gasteiger partial charge is 0.481 e. The second-order valence-electron chi connectivity index (χ2n) is 39.4. The number of halogens is 2. The Morgan fingerprint density at radius 2 is 0.824 bits per heavy atom. The third-order valence-electron chi connectivity index (χ3n) is 28.4. The number of aliphatic hydroxyl groups is 1. The molecule has 14 atom stereocenters. The Balaban J connectivity index is 0.000000298. The number of aromatic nitrogens is 2. The molecule has 8 aliphatic rings. The van der Waals surface area contributed by atoms with Crippen LogP contribution in [0.4, 0.5) is 0 Å². The van der Waals surface area contributed by atoms with Gasteiger partial charge >= 0.3 is 23.9 Å². The van der Waals surface area contributed by atoms with Crippen LogP contribution in [0.15, 0.2) is 84.5 Å². The van der Waals surface area contributed by atoms with E-state index in [1.54, 1.807) is 31.9 Å². The van der Waals surface area contributed by atoms with E-state index in [9.17, 15) is 33.9 Å². The van der Waals surface area contributed by atoms with Crippen molar-refractivity contribution >= 4 is 70.0 Å². The van der Waals surface area contributed by atoms with Gasteiger partial charge in [0, 0.05) is 44.0 Å². The maximum absolute atomic E-state index is 13.1. The van der Waals surface area contributed by atoms with E-state index >= 15 is 0 Å². The van der Waals surface area contributed by atoms with Crippen LogP contribution in [-0.4, -0.2) is 96.7 Å². The molecule has 0 aromatic carbocycles. The van der Waals surface area contributed by atoms with Crippen LogP contribution in [0.1, 0.15) is 410 Å². The van der Waals surface area contributed by atoms with Crippen molar-refractivity contribution in [2.45, 2.75) is 434 Å². The van der Waals surface area contributed by atoms with E-state index < -0.39 is 47.1 Å². The lowest BCUT2D eigenvalue weighted by Crippen LogP contribution is -2.50. The number of amides is 2. The predicted octanol–water partition coefficient (Wildman–Crippen LogP) is 26.4. The van der Waals surface area contributed by atoms with Crippen LogP contribution >= 0.6 is 23.2 Å². The standard InChI is InChI=1S/C50H78N2O5.C26H49NO5.C24H31NO.CH2Cl2.CH4/c1-7-8-9-10-11-12-13-14-15-16-17-18-19-20-23-44(47(55)57-48(2,3)4)52-45(53)28-29-46(54)56-39-30-32-49(5)38(35-39)24-25-40-42-27-26-41(37-22-21-34-51-36-37)50(42,6)33-31-43(40)49;1-5-6-7-8-9-10-11-12-13-14-15-16-17-18-19-22(25(31)32-26(2,3)4)27-23(28)20-21-24(29)30;1-23-11-9-18(26)14-17(23)5-6-19-21-8-7-20(16-4-3-13-25-15-16)24(21,2)12-10-22(19)23;2-1-3;/h21-22,24,26,34,36,39-40,42-44H,7-20,23,25,27-33,35H2,1-6H3,(H,52,53);22H,5-21H2,1-4H3,(H,27,28)(H,29,30);3-5,7,13,15,18-19,21-22,26H,6,8-12,14H2,1-2H3;1H2;1H4/t39-,40-,42-,43-,44?,49-,50+;;18-,19-,21-,22-,23-,24+;;/m0.0../s1. The lowest BCUT2D eigenvalue weighted by Gasteiger charge is -2.57. The van der Waals surface area contributed by atoms with Gasteiger partial charge in [0.2, 0.25) is 11.8 Å². The molecule has 10 rings (SSSR count). The summed E-state index contributed by atoms with van der Waals surface area (Å²) in [5.41, 5.74) is 8.41. The maximum atomic E-state index is 13.1. The molecule has 2 heterocycles. The summed E-state index contributed by atoms with van der Waals surface area (Å²) in [4.78, 5) is 83.2. The number of aliphatic carboxylic acids is 1. The summed E-state index contributed by atoms with van der Waals surface area (Å²) in [6.07, 6.45) is 69.2. The van der Waals surface area contributed by atoms with E-state index in [1.807, 2.05) is 45.6 Å². The molecule has 2 aromatic rings. The van der Waals surface area contributed by atoms with Gasteiger partial charge in [0.05, 0.1) is 24.3 Å². The number of alkyl halides is 2. The second kappa shape index (κ2) is 51.8. The topological polar surface area (TPSA) is 220 Å². The molecule has 0 spiro atoms. The molecular formula is C102H164Cl2N4O11. The van der Waals surface area contributed by atoms with Crippen molar-refractivity contribution in [3.05, 3.63) is 95.6 Å². The molecule has 8 aliphatic carbocycles. The molecule has 0 aliphatic heterocycles. The Morgan fingerprint density at radius 1 is 0.471 bits per heavy atom. The van der Waals surface area contributed by atoms with Gasteiger partial charge < -0.3 is 35.1 Å². The van der Waals surface area contributed by atoms with Crippen LogP contribution in [0.25, 0.3) is 11.1 Å². The quantitative estimate of drug-likeness (QED) is 0.0160. The Morgan fingerprint density at radius 3 is 1.18 bits per heavy atom. The lowest BCUT2D eigenvalue weighted by atomic mass is 9.47. The Hall–Kier alpha value is -5.38. The number of carboxylic acids is 1. The molecule has 2 amide bonds. The van der Waals surface area contributed by atoms with Gasteiger partial charge in [-0.3, -0.25) is 29.1 Å². The fourth-order valence-electron chi connectivity index (χ4n) is 22.0. The van der Waals surface area contributed by atoms with Crippen molar-refractivity contribution in [1.29, 1.82) is 0 Å². The number of fused-ring (bicyclic) bond motifs is 10. The fraction of sp³-hybridized carbons (Fsp3) is 0.765. The first-order valence-electron chi connectivity index (χ1n) is 47.3. The molecule has 2 unspecified atom stereocenters. The zero-order valence-electron chi connectivity index (χ0n) is 75.6. The molecule has 672 valence electrons. The van der Waals surface area contributed by atoms with Crippen molar-refractivity contribution in [2.75, 3.05) is 5.34 Å². The average Bonchev–Trinajstić information content (AvgIpc) is 1.67. The number of hydrogen-bond acceptors (Lipinski definition) is 12. The predicted molar refractivity (Wildman–Crippen MR) is 489 cm³/mol. The summed E-state index contributed by atoms with van der Waals surface area (Å²) in [5.74, 6) is 1.39. The smallest absolute Gasteiger partial charge is 0.329 e. The van der Waals surface area contributed by atoms with Crippen LogP contribution in [0.2, 0.25) is 0 Å². The molecule has 119 heavy (non-hydrogen) atoms. The number of carbonyl (C=O) groups excluding carboxylic acids is 5. The van der Waals surface area contributed by atoms with Crippen molar-refractivity contribution in [3.63, 3.8) is 0 Å². The Kier molecular flexibility index (Phi) is 44.6. The number of rotatable bonds is 43. The highest BCUT2D eigenvalue weighted by atomic mass is 35.5. The summed E-state index contributed by atoms with van der Waals surface area (Å²) in [6, 6.07) is 7.16. The van der Waals surface area contributed by atoms with Gasteiger partial charge in [-0.2, -0.15) is 0 Å². The molecule has 4 fully saturated rings. The third kappa shape index (κ3) is 32.3. The van der Waals surface area contributed by atoms with Gasteiger partial charge in [-0.05, 0) is 229 Å². The van der Waals surface area contributed by atoms with Crippen molar-refractivity contribution in [3.8, 4) is 0 Å². The minimum atomic E-state index is -1.03. The van der Waals surface area contributed by atoms with Crippen LogP contribution < -0.4 is 10.6 Å². The summed E-state index contributed by atoms with van der Waals surface area (Å²) in [6.45, 7) is 25.4. The van der Waals surface area contributed by atoms with E-state index in [0.717, 1.165) is 101 Å². The van der Waals surface area contributed by atoms with Gasteiger partial charge in [0.1, 0.15) is 29.4 Å².